The van der Waals surface area contributed by atoms with Gasteiger partial charge in [0.2, 0.25) is 0 Å². The second kappa shape index (κ2) is 6.86. The number of fused-ring (bicyclic) bond motifs is 1. The summed E-state index contributed by atoms with van der Waals surface area (Å²) >= 11 is 5.01. The zero-order valence-electron chi connectivity index (χ0n) is 13.3. The minimum atomic E-state index is 0.300. The Bertz CT molecular complexity index is 875. The van der Waals surface area contributed by atoms with Crippen molar-refractivity contribution in [3.63, 3.8) is 0 Å². The maximum absolute atomic E-state index is 5.87. The van der Waals surface area contributed by atoms with Crippen molar-refractivity contribution < 1.29 is 14.2 Å². The Balaban J connectivity index is 1.92. The first kappa shape index (κ1) is 16.2. The molecule has 2 aromatic heterocycles. The minimum Gasteiger partial charge on any atom is -0.494 e. The highest BCUT2D eigenvalue weighted by Crippen LogP contribution is 2.33. The summed E-state index contributed by atoms with van der Waals surface area (Å²) in [6, 6.07) is 9.25. The molecule has 0 saturated heterocycles. The fourth-order valence-electron chi connectivity index (χ4n) is 2.38. The highest BCUT2D eigenvalue weighted by molar-refractivity contribution is 7.80. The van der Waals surface area contributed by atoms with Crippen LogP contribution in [0.5, 0.6) is 17.2 Å². The SMILES string of the molecule is COCc1ccc(Oc2cc(OC)c3[nH]c(C(N)=S)cc3c2)cn1. The van der Waals surface area contributed by atoms with Crippen LogP contribution in [0.4, 0.5) is 0 Å². The molecular formula is C17H17N3O3S. The molecule has 3 rings (SSSR count). The quantitative estimate of drug-likeness (QED) is 0.669. The first-order valence-electron chi connectivity index (χ1n) is 7.23. The molecule has 0 aliphatic carbocycles. The fourth-order valence-corrected chi connectivity index (χ4v) is 2.49. The number of nitrogens with two attached hydrogens (primary N) is 1. The van der Waals surface area contributed by atoms with Gasteiger partial charge in [0.25, 0.3) is 0 Å². The number of pyridine rings is 1. The molecule has 0 saturated carbocycles. The zero-order chi connectivity index (χ0) is 17.1. The van der Waals surface area contributed by atoms with Gasteiger partial charge in [-0.15, -0.1) is 0 Å². The molecule has 0 aliphatic heterocycles. The van der Waals surface area contributed by atoms with Crippen LogP contribution in [0.1, 0.15) is 11.4 Å². The number of hydrogen-bond donors (Lipinski definition) is 2. The van der Waals surface area contributed by atoms with Gasteiger partial charge in [-0.1, -0.05) is 12.2 Å². The normalized spacial score (nSPS) is 10.8. The highest BCUT2D eigenvalue weighted by atomic mass is 32.1. The Morgan fingerprint density at radius 2 is 2.04 bits per heavy atom. The Morgan fingerprint density at radius 3 is 2.67 bits per heavy atom. The van der Waals surface area contributed by atoms with Gasteiger partial charge in [-0.25, -0.2) is 0 Å². The van der Waals surface area contributed by atoms with Crippen molar-refractivity contribution in [1.82, 2.24) is 9.97 Å². The van der Waals surface area contributed by atoms with Gasteiger partial charge in [-0.3, -0.25) is 4.98 Å². The van der Waals surface area contributed by atoms with Crippen molar-refractivity contribution in [3.8, 4) is 17.2 Å². The molecule has 0 atom stereocenters. The average Bonchev–Trinajstić information content (AvgIpc) is 3.00. The van der Waals surface area contributed by atoms with E-state index in [4.69, 9.17) is 32.2 Å². The van der Waals surface area contributed by atoms with Crippen molar-refractivity contribution in [3.05, 3.63) is 47.9 Å². The molecule has 24 heavy (non-hydrogen) atoms. The first-order valence-corrected chi connectivity index (χ1v) is 7.64. The van der Waals surface area contributed by atoms with Crippen LogP contribution in [-0.4, -0.2) is 29.2 Å². The van der Waals surface area contributed by atoms with Crippen molar-refractivity contribution in [2.24, 2.45) is 5.73 Å². The third-order valence-electron chi connectivity index (χ3n) is 3.48. The molecular weight excluding hydrogens is 326 g/mol. The van der Waals surface area contributed by atoms with E-state index in [1.54, 1.807) is 26.5 Å². The van der Waals surface area contributed by atoms with Crippen LogP contribution in [0, 0.1) is 0 Å². The number of aromatic amines is 1. The molecule has 0 fully saturated rings. The van der Waals surface area contributed by atoms with E-state index in [0.29, 0.717) is 34.5 Å². The smallest absolute Gasteiger partial charge is 0.146 e. The largest absolute Gasteiger partial charge is 0.494 e. The molecule has 0 spiro atoms. The number of H-pyrrole nitrogens is 1. The molecule has 6 nitrogen and oxygen atoms in total. The first-order chi connectivity index (χ1) is 11.6. The Kier molecular flexibility index (Phi) is 4.64. The van der Waals surface area contributed by atoms with E-state index in [1.807, 2.05) is 24.3 Å². The number of methoxy groups -OCH3 is 2. The van der Waals surface area contributed by atoms with Crippen molar-refractivity contribution in [2.45, 2.75) is 6.61 Å². The monoisotopic (exact) mass is 343 g/mol. The van der Waals surface area contributed by atoms with E-state index in [-0.39, 0.29) is 0 Å². The van der Waals surface area contributed by atoms with Gasteiger partial charge < -0.3 is 24.9 Å². The summed E-state index contributed by atoms with van der Waals surface area (Å²) in [5.74, 6) is 1.91. The predicted octanol–water partition coefficient (Wildman–Crippen LogP) is 3.14. The molecule has 124 valence electrons. The van der Waals surface area contributed by atoms with Crippen molar-refractivity contribution >= 4 is 28.1 Å². The maximum Gasteiger partial charge on any atom is 0.146 e. The van der Waals surface area contributed by atoms with E-state index >= 15 is 0 Å². The number of benzene rings is 1. The molecule has 7 heteroatoms. The average molecular weight is 343 g/mol. The van der Waals surface area contributed by atoms with E-state index in [1.165, 1.54) is 0 Å². The summed E-state index contributed by atoms with van der Waals surface area (Å²) in [4.78, 5) is 7.73. The van der Waals surface area contributed by atoms with Crippen LogP contribution in [-0.2, 0) is 11.3 Å². The van der Waals surface area contributed by atoms with Gasteiger partial charge in [-0.05, 0) is 24.3 Å². The minimum absolute atomic E-state index is 0.300. The molecule has 0 amide bonds. The van der Waals surface area contributed by atoms with Gasteiger partial charge in [0, 0.05) is 18.6 Å². The molecule has 0 bridgehead atoms. The maximum atomic E-state index is 5.87. The lowest BCUT2D eigenvalue weighted by Crippen LogP contribution is -2.09. The number of nitrogens with one attached hydrogen (secondary N) is 1. The third kappa shape index (κ3) is 3.32. The molecule has 0 radical (unpaired) electrons. The second-order valence-corrected chi connectivity index (χ2v) is 5.60. The highest BCUT2D eigenvalue weighted by Gasteiger charge is 2.11. The lowest BCUT2D eigenvalue weighted by atomic mass is 10.2. The summed E-state index contributed by atoms with van der Waals surface area (Å²) in [6.45, 7) is 0.463. The van der Waals surface area contributed by atoms with Crippen LogP contribution in [0.3, 0.4) is 0 Å². The number of ether oxygens (including phenoxy) is 3. The molecule has 2 heterocycles. The second-order valence-electron chi connectivity index (χ2n) is 5.16. The van der Waals surface area contributed by atoms with Crippen LogP contribution in [0.25, 0.3) is 10.9 Å². The van der Waals surface area contributed by atoms with E-state index in [0.717, 1.165) is 16.6 Å². The zero-order valence-corrected chi connectivity index (χ0v) is 14.1. The Hall–Kier alpha value is -2.64. The van der Waals surface area contributed by atoms with E-state index < -0.39 is 0 Å². The number of thiocarbonyl (C=S) groups is 1. The summed E-state index contributed by atoms with van der Waals surface area (Å²) in [5.41, 5.74) is 8.02. The standard InChI is InChI=1S/C17H17N3O3S/c1-21-9-11-3-4-12(8-19-11)23-13-5-10-6-14(17(18)24)20-16(10)15(7-13)22-2/h3-8,20H,9H2,1-2H3,(H2,18,24). The number of nitrogens with zero attached hydrogens (tertiary/aromatic N) is 1. The topological polar surface area (TPSA) is 82.4 Å². The van der Waals surface area contributed by atoms with Gasteiger partial charge in [0.1, 0.15) is 22.2 Å². The van der Waals surface area contributed by atoms with Gasteiger partial charge in [0.15, 0.2) is 0 Å². The van der Waals surface area contributed by atoms with Gasteiger partial charge >= 0.3 is 0 Å². The molecule has 3 aromatic rings. The lowest BCUT2D eigenvalue weighted by molar-refractivity contribution is 0.181. The molecule has 0 aliphatic rings. The Morgan fingerprint density at radius 1 is 1.21 bits per heavy atom. The van der Waals surface area contributed by atoms with Crippen LogP contribution in [0.2, 0.25) is 0 Å². The third-order valence-corrected chi connectivity index (χ3v) is 3.70. The van der Waals surface area contributed by atoms with Crippen LogP contribution < -0.4 is 15.2 Å². The summed E-state index contributed by atoms with van der Waals surface area (Å²) in [7, 11) is 3.23. The van der Waals surface area contributed by atoms with Crippen LogP contribution in [0.15, 0.2) is 36.5 Å². The van der Waals surface area contributed by atoms with Gasteiger partial charge in [-0.2, -0.15) is 0 Å². The van der Waals surface area contributed by atoms with E-state index in [9.17, 15) is 0 Å². The van der Waals surface area contributed by atoms with Crippen molar-refractivity contribution in [1.29, 1.82) is 0 Å². The summed E-state index contributed by atoms with van der Waals surface area (Å²) in [6.07, 6.45) is 1.66. The van der Waals surface area contributed by atoms with Crippen LogP contribution >= 0.6 is 12.2 Å². The summed E-state index contributed by atoms with van der Waals surface area (Å²) < 4.78 is 16.3. The fraction of sp³-hybridized carbons (Fsp3) is 0.176. The molecule has 1 aromatic carbocycles. The van der Waals surface area contributed by atoms with E-state index in [2.05, 4.69) is 9.97 Å². The lowest BCUT2D eigenvalue weighted by Gasteiger charge is -2.09. The molecule has 0 unspecified atom stereocenters. The molecule has 3 N–H and O–H groups in total. The predicted molar refractivity (Wildman–Crippen MR) is 95.8 cm³/mol. The summed E-state index contributed by atoms with van der Waals surface area (Å²) in [5, 5.41) is 0.899. The van der Waals surface area contributed by atoms with Crippen molar-refractivity contribution in [2.75, 3.05) is 14.2 Å². The number of hydrogen-bond acceptors (Lipinski definition) is 5. The number of aromatic nitrogens is 2. The van der Waals surface area contributed by atoms with Gasteiger partial charge in [0.05, 0.1) is 36.8 Å². The number of rotatable bonds is 6. The Labute approximate surface area is 144 Å².